The van der Waals surface area contributed by atoms with E-state index in [0.29, 0.717) is 6.04 Å². The lowest BCUT2D eigenvalue weighted by molar-refractivity contribution is 0.296. The molecule has 2 rings (SSSR count). The van der Waals surface area contributed by atoms with Crippen LogP contribution >= 0.6 is 0 Å². The maximum absolute atomic E-state index is 5.80. The first-order chi connectivity index (χ1) is 10.8. The highest BCUT2D eigenvalue weighted by molar-refractivity contribution is 5.39. The van der Waals surface area contributed by atoms with Crippen molar-refractivity contribution < 1.29 is 4.74 Å². The minimum absolute atomic E-state index is 0.551. The first-order valence-corrected chi connectivity index (χ1v) is 9.09. The number of rotatable bonds is 8. The van der Waals surface area contributed by atoms with E-state index in [-0.39, 0.29) is 0 Å². The smallest absolute Gasteiger partial charge is 0.218 e. The van der Waals surface area contributed by atoms with Crippen LogP contribution in [-0.2, 0) is 6.42 Å². The number of ether oxygens (including phenoxy) is 1. The number of unbranched alkanes of at least 4 members (excludes halogenated alkanes) is 1. The largest absolute Gasteiger partial charge is 0.478 e. The van der Waals surface area contributed by atoms with Crippen LogP contribution in [0.25, 0.3) is 0 Å². The van der Waals surface area contributed by atoms with Gasteiger partial charge in [-0.15, -0.1) is 0 Å². The molecule has 0 aromatic carbocycles. The zero-order valence-electron chi connectivity index (χ0n) is 14.2. The van der Waals surface area contributed by atoms with Crippen molar-refractivity contribution in [1.82, 2.24) is 9.97 Å². The van der Waals surface area contributed by atoms with Gasteiger partial charge in [-0.05, 0) is 25.7 Å². The van der Waals surface area contributed by atoms with Gasteiger partial charge < -0.3 is 10.1 Å². The van der Waals surface area contributed by atoms with E-state index >= 15 is 0 Å². The van der Waals surface area contributed by atoms with Crippen LogP contribution in [0.15, 0.2) is 6.07 Å². The monoisotopic (exact) mass is 305 g/mol. The first kappa shape index (κ1) is 17.0. The summed E-state index contributed by atoms with van der Waals surface area (Å²) in [6.07, 6.45) is 12.1. The summed E-state index contributed by atoms with van der Waals surface area (Å²) < 4.78 is 5.80. The van der Waals surface area contributed by atoms with E-state index in [4.69, 9.17) is 4.74 Å². The van der Waals surface area contributed by atoms with Crippen LogP contribution in [0.5, 0.6) is 5.88 Å². The van der Waals surface area contributed by atoms with Crippen molar-refractivity contribution in [2.75, 3.05) is 11.9 Å². The van der Waals surface area contributed by atoms with Crippen molar-refractivity contribution in [3.8, 4) is 5.88 Å². The molecule has 1 saturated carbocycles. The van der Waals surface area contributed by atoms with Gasteiger partial charge in [-0.2, -0.15) is 4.98 Å². The quantitative estimate of drug-likeness (QED) is 0.556. The van der Waals surface area contributed by atoms with Gasteiger partial charge >= 0.3 is 0 Å². The molecule has 1 aromatic heterocycles. The van der Waals surface area contributed by atoms with Crippen molar-refractivity contribution in [2.45, 2.75) is 84.1 Å². The van der Waals surface area contributed by atoms with E-state index in [9.17, 15) is 0 Å². The molecular formula is C18H31N3O. The third kappa shape index (κ3) is 5.82. The predicted octanol–water partition coefficient (Wildman–Crippen LogP) is 4.74. The maximum Gasteiger partial charge on any atom is 0.218 e. The number of nitrogens with one attached hydrogen (secondary N) is 1. The molecule has 0 unspecified atom stereocenters. The van der Waals surface area contributed by atoms with Crippen LogP contribution in [0.2, 0.25) is 0 Å². The minimum Gasteiger partial charge on any atom is -0.478 e. The van der Waals surface area contributed by atoms with Crippen LogP contribution in [0.3, 0.4) is 0 Å². The number of aryl methyl sites for hydroxylation is 1. The Morgan fingerprint density at radius 2 is 1.86 bits per heavy atom. The second-order valence-corrected chi connectivity index (χ2v) is 6.29. The average molecular weight is 305 g/mol. The summed E-state index contributed by atoms with van der Waals surface area (Å²) in [5.74, 6) is 2.56. The van der Waals surface area contributed by atoms with Gasteiger partial charge in [0.05, 0.1) is 6.61 Å². The van der Waals surface area contributed by atoms with Crippen molar-refractivity contribution >= 4 is 5.82 Å². The topological polar surface area (TPSA) is 47.0 Å². The molecule has 0 saturated heterocycles. The second-order valence-electron chi connectivity index (χ2n) is 6.29. The Kier molecular flexibility index (Phi) is 7.47. The molecular weight excluding hydrogens is 274 g/mol. The number of aromatic nitrogens is 2. The van der Waals surface area contributed by atoms with Gasteiger partial charge in [0.15, 0.2) is 0 Å². The van der Waals surface area contributed by atoms with Crippen molar-refractivity contribution in [3.05, 3.63) is 11.9 Å². The van der Waals surface area contributed by atoms with Gasteiger partial charge in [-0.1, -0.05) is 46.0 Å². The zero-order chi connectivity index (χ0) is 15.6. The Hall–Kier alpha value is -1.32. The molecule has 1 aliphatic carbocycles. The normalized spacial score (nSPS) is 16.3. The lowest BCUT2D eigenvalue weighted by atomic mass is 10.1. The summed E-state index contributed by atoms with van der Waals surface area (Å²) in [5, 5.41) is 3.62. The Labute approximate surface area is 135 Å². The number of anilines is 1. The van der Waals surface area contributed by atoms with Gasteiger partial charge in [-0.3, -0.25) is 0 Å². The van der Waals surface area contributed by atoms with Crippen LogP contribution < -0.4 is 10.1 Å². The van der Waals surface area contributed by atoms with E-state index < -0.39 is 0 Å². The summed E-state index contributed by atoms with van der Waals surface area (Å²) >= 11 is 0. The fourth-order valence-electron chi connectivity index (χ4n) is 2.91. The minimum atomic E-state index is 0.551. The summed E-state index contributed by atoms with van der Waals surface area (Å²) in [5.41, 5.74) is 0. The molecule has 1 aliphatic rings. The molecule has 1 aromatic rings. The van der Waals surface area contributed by atoms with Crippen LogP contribution in [0.4, 0.5) is 5.82 Å². The molecule has 4 heteroatoms. The summed E-state index contributed by atoms with van der Waals surface area (Å²) in [7, 11) is 0. The zero-order valence-corrected chi connectivity index (χ0v) is 14.2. The van der Waals surface area contributed by atoms with Gasteiger partial charge in [0, 0.05) is 18.5 Å². The molecule has 22 heavy (non-hydrogen) atoms. The standard InChI is InChI=1S/C18H31N3O/c1-3-5-13-22-18-14-17(20-16(21-18)10-4-2)19-15-11-8-6-7-9-12-15/h14-15H,3-13H2,1-2H3,(H,19,20,21). The van der Waals surface area contributed by atoms with E-state index in [2.05, 4.69) is 29.1 Å². The number of hydrogen-bond acceptors (Lipinski definition) is 4. The maximum atomic E-state index is 5.80. The highest BCUT2D eigenvalue weighted by Crippen LogP contribution is 2.22. The Balaban J connectivity index is 2.03. The molecule has 1 heterocycles. The fourth-order valence-corrected chi connectivity index (χ4v) is 2.91. The SMILES string of the molecule is CCCCOc1cc(NC2CCCCCC2)nc(CCC)n1. The number of nitrogens with zero attached hydrogens (tertiary/aromatic N) is 2. The van der Waals surface area contributed by atoms with Crippen LogP contribution in [0, 0.1) is 0 Å². The van der Waals surface area contributed by atoms with Gasteiger partial charge in [0.25, 0.3) is 0 Å². The first-order valence-electron chi connectivity index (χ1n) is 9.09. The summed E-state index contributed by atoms with van der Waals surface area (Å²) in [6, 6.07) is 2.52. The second kappa shape index (κ2) is 9.65. The lowest BCUT2D eigenvalue weighted by Gasteiger charge is -2.18. The summed E-state index contributed by atoms with van der Waals surface area (Å²) in [4.78, 5) is 9.21. The van der Waals surface area contributed by atoms with E-state index in [1.165, 1.54) is 38.5 Å². The number of hydrogen-bond donors (Lipinski definition) is 1. The van der Waals surface area contributed by atoms with E-state index in [1.54, 1.807) is 0 Å². The average Bonchev–Trinajstić information content (AvgIpc) is 2.76. The lowest BCUT2D eigenvalue weighted by Crippen LogP contribution is -2.19. The van der Waals surface area contributed by atoms with Crippen molar-refractivity contribution in [2.24, 2.45) is 0 Å². The molecule has 0 amide bonds. The van der Waals surface area contributed by atoms with Crippen molar-refractivity contribution in [1.29, 1.82) is 0 Å². The molecule has 124 valence electrons. The Morgan fingerprint density at radius 1 is 1.09 bits per heavy atom. The Morgan fingerprint density at radius 3 is 2.55 bits per heavy atom. The molecule has 0 aliphatic heterocycles. The molecule has 1 fully saturated rings. The van der Waals surface area contributed by atoms with Crippen LogP contribution in [0.1, 0.15) is 77.5 Å². The Bertz CT molecular complexity index is 428. The van der Waals surface area contributed by atoms with Crippen LogP contribution in [-0.4, -0.2) is 22.6 Å². The molecule has 0 radical (unpaired) electrons. The molecule has 0 spiro atoms. The summed E-state index contributed by atoms with van der Waals surface area (Å²) in [6.45, 7) is 5.07. The molecule has 0 bridgehead atoms. The van der Waals surface area contributed by atoms with E-state index in [0.717, 1.165) is 49.8 Å². The van der Waals surface area contributed by atoms with Gasteiger partial charge in [-0.25, -0.2) is 4.98 Å². The van der Waals surface area contributed by atoms with Gasteiger partial charge in [0.2, 0.25) is 5.88 Å². The third-order valence-electron chi connectivity index (χ3n) is 4.18. The fraction of sp³-hybridized carbons (Fsp3) is 0.778. The van der Waals surface area contributed by atoms with E-state index in [1.807, 2.05) is 6.07 Å². The highest BCUT2D eigenvalue weighted by atomic mass is 16.5. The molecule has 4 nitrogen and oxygen atoms in total. The predicted molar refractivity (Wildman–Crippen MR) is 91.5 cm³/mol. The molecule has 0 atom stereocenters. The van der Waals surface area contributed by atoms with Crippen molar-refractivity contribution in [3.63, 3.8) is 0 Å². The third-order valence-corrected chi connectivity index (χ3v) is 4.18. The van der Waals surface area contributed by atoms with Gasteiger partial charge in [0.1, 0.15) is 11.6 Å². The highest BCUT2D eigenvalue weighted by Gasteiger charge is 2.14. The molecule has 1 N–H and O–H groups in total.